The fourth-order valence-corrected chi connectivity index (χ4v) is 1.64. The Balaban J connectivity index is 3.10. The molecule has 0 aromatic heterocycles. The standard InChI is InChI=1S/C17H21NO3/c1-12-6-7-13(8-9-17(2,3)4)10-14(12)11-15(16(19)20)18-21-5/h6-7,10H,11H2,1-5H3,(H,19,20)/b18-15+. The number of benzene rings is 1. The van der Waals surface area contributed by atoms with Crippen LogP contribution in [0.4, 0.5) is 0 Å². The molecule has 0 atom stereocenters. The average Bonchev–Trinajstić information content (AvgIpc) is 2.37. The topological polar surface area (TPSA) is 58.9 Å². The Morgan fingerprint density at radius 1 is 1.38 bits per heavy atom. The van der Waals surface area contributed by atoms with Gasteiger partial charge in [-0.25, -0.2) is 4.79 Å². The normalized spacial score (nSPS) is 11.6. The van der Waals surface area contributed by atoms with E-state index >= 15 is 0 Å². The third-order valence-corrected chi connectivity index (χ3v) is 2.74. The molecule has 112 valence electrons. The molecular weight excluding hydrogens is 266 g/mol. The van der Waals surface area contributed by atoms with Crippen LogP contribution in [0.5, 0.6) is 0 Å². The van der Waals surface area contributed by atoms with E-state index in [9.17, 15) is 4.79 Å². The molecule has 0 radical (unpaired) electrons. The lowest BCUT2D eigenvalue weighted by Gasteiger charge is -2.08. The maximum atomic E-state index is 11.1. The van der Waals surface area contributed by atoms with Gasteiger partial charge in [0.05, 0.1) is 0 Å². The van der Waals surface area contributed by atoms with E-state index in [4.69, 9.17) is 5.11 Å². The van der Waals surface area contributed by atoms with Crippen molar-refractivity contribution in [1.82, 2.24) is 0 Å². The first-order valence-corrected chi connectivity index (χ1v) is 6.69. The summed E-state index contributed by atoms with van der Waals surface area (Å²) in [6.45, 7) is 8.07. The van der Waals surface area contributed by atoms with Gasteiger partial charge in [-0.1, -0.05) is 23.1 Å². The number of hydrogen-bond donors (Lipinski definition) is 1. The van der Waals surface area contributed by atoms with Crippen molar-refractivity contribution in [3.63, 3.8) is 0 Å². The average molecular weight is 287 g/mol. The van der Waals surface area contributed by atoms with Gasteiger partial charge >= 0.3 is 5.97 Å². The summed E-state index contributed by atoms with van der Waals surface area (Å²) in [6.07, 6.45) is 0.208. The first-order chi connectivity index (χ1) is 9.73. The van der Waals surface area contributed by atoms with Crippen LogP contribution in [0.25, 0.3) is 0 Å². The van der Waals surface area contributed by atoms with Crippen molar-refractivity contribution in [2.75, 3.05) is 7.11 Å². The largest absolute Gasteiger partial charge is 0.477 e. The highest BCUT2D eigenvalue weighted by atomic mass is 16.6. The predicted molar refractivity (Wildman–Crippen MR) is 83.3 cm³/mol. The summed E-state index contributed by atoms with van der Waals surface area (Å²) in [4.78, 5) is 15.7. The third kappa shape index (κ3) is 5.70. The molecule has 0 aliphatic heterocycles. The lowest BCUT2D eigenvalue weighted by Crippen LogP contribution is -2.17. The smallest absolute Gasteiger partial charge is 0.354 e. The van der Waals surface area contributed by atoms with Gasteiger partial charge in [-0.2, -0.15) is 0 Å². The number of hydrogen-bond acceptors (Lipinski definition) is 3. The monoisotopic (exact) mass is 287 g/mol. The van der Waals surface area contributed by atoms with E-state index in [-0.39, 0.29) is 17.5 Å². The van der Waals surface area contributed by atoms with Crippen molar-refractivity contribution in [3.05, 3.63) is 34.9 Å². The van der Waals surface area contributed by atoms with Crippen LogP contribution in [-0.4, -0.2) is 23.9 Å². The molecule has 1 aromatic rings. The van der Waals surface area contributed by atoms with Crippen molar-refractivity contribution >= 4 is 11.7 Å². The molecule has 4 heteroatoms. The van der Waals surface area contributed by atoms with E-state index in [1.54, 1.807) is 0 Å². The minimum absolute atomic E-state index is 0.0264. The molecule has 0 heterocycles. The molecule has 0 aliphatic rings. The first kappa shape index (κ1) is 16.8. The zero-order valence-electron chi connectivity index (χ0n) is 13.2. The highest BCUT2D eigenvalue weighted by Gasteiger charge is 2.13. The Kier molecular flexibility index (Phi) is 5.54. The van der Waals surface area contributed by atoms with Gasteiger partial charge in [0.2, 0.25) is 0 Å². The summed E-state index contributed by atoms with van der Waals surface area (Å²) < 4.78 is 0. The van der Waals surface area contributed by atoms with Crippen LogP contribution in [0.2, 0.25) is 0 Å². The lowest BCUT2D eigenvalue weighted by atomic mass is 9.96. The van der Waals surface area contributed by atoms with Gasteiger partial charge in [0.15, 0.2) is 5.71 Å². The summed E-state index contributed by atoms with van der Waals surface area (Å²) in [6, 6.07) is 5.78. The molecule has 21 heavy (non-hydrogen) atoms. The molecule has 0 saturated heterocycles. The highest BCUT2D eigenvalue weighted by Crippen LogP contribution is 2.14. The quantitative estimate of drug-likeness (QED) is 0.526. The Bertz CT molecular complexity index is 613. The number of oxime groups is 1. The first-order valence-electron chi connectivity index (χ1n) is 6.69. The van der Waals surface area contributed by atoms with E-state index in [1.165, 1.54) is 7.11 Å². The predicted octanol–water partition coefficient (Wildman–Crippen LogP) is 3.02. The van der Waals surface area contributed by atoms with E-state index in [2.05, 4.69) is 21.8 Å². The third-order valence-electron chi connectivity index (χ3n) is 2.74. The highest BCUT2D eigenvalue weighted by molar-refractivity contribution is 6.35. The van der Waals surface area contributed by atoms with Crippen LogP contribution in [0.15, 0.2) is 23.4 Å². The van der Waals surface area contributed by atoms with Crippen LogP contribution in [0.3, 0.4) is 0 Å². The number of carboxylic acids is 1. The number of carbonyl (C=O) groups is 1. The Labute approximate surface area is 125 Å². The van der Waals surface area contributed by atoms with E-state index in [1.807, 2.05) is 45.9 Å². The summed E-state index contributed by atoms with van der Waals surface area (Å²) in [5.41, 5.74) is 2.65. The fraction of sp³-hybridized carbons (Fsp3) is 0.412. The van der Waals surface area contributed by atoms with Crippen molar-refractivity contribution < 1.29 is 14.7 Å². The van der Waals surface area contributed by atoms with Crippen molar-refractivity contribution in [2.45, 2.75) is 34.1 Å². The molecule has 0 saturated carbocycles. The summed E-state index contributed by atoms with van der Waals surface area (Å²) in [7, 11) is 1.33. The summed E-state index contributed by atoms with van der Waals surface area (Å²) >= 11 is 0. The number of aryl methyl sites for hydroxylation is 1. The lowest BCUT2D eigenvalue weighted by molar-refractivity contribution is -0.129. The van der Waals surface area contributed by atoms with Gasteiger partial charge in [-0.3, -0.25) is 0 Å². The SMILES string of the molecule is CO/N=C(\Cc1cc(C#CC(C)(C)C)ccc1C)C(=O)O. The Morgan fingerprint density at radius 2 is 2.05 bits per heavy atom. The van der Waals surface area contributed by atoms with Crippen molar-refractivity contribution in [1.29, 1.82) is 0 Å². The molecule has 4 nitrogen and oxygen atoms in total. The molecule has 0 aliphatic carbocycles. The molecule has 1 rings (SSSR count). The molecular formula is C17H21NO3. The minimum Gasteiger partial charge on any atom is -0.477 e. The van der Waals surface area contributed by atoms with Gasteiger partial charge in [0, 0.05) is 17.4 Å². The molecule has 0 bridgehead atoms. The Hall–Kier alpha value is -2.28. The number of nitrogens with zero attached hydrogens (tertiary/aromatic N) is 1. The van der Waals surface area contributed by atoms with Crippen molar-refractivity contribution in [2.24, 2.45) is 10.6 Å². The minimum atomic E-state index is -1.08. The molecule has 1 aromatic carbocycles. The maximum absolute atomic E-state index is 11.1. The van der Waals surface area contributed by atoms with Crippen LogP contribution in [-0.2, 0) is 16.1 Å². The van der Waals surface area contributed by atoms with E-state index in [0.717, 1.165) is 16.7 Å². The molecule has 1 N–H and O–H groups in total. The van der Waals surface area contributed by atoms with Gasteiger partial charge in [0.1, 0.15) is 7.11 Å². The van der Waals surface area contributed by atoms with Gasteiger partial charge in [0.25, 0.3) is 0 Å². The van der Waals surface area contributed by atoms with Crippen LogP contribution in [0.1, 0.15) is 37.5 Å². The van der Waals surface area contributed by atoms with Crippen LogP contribution < -0.4 is 0 Å². The zero-order valence-corrected chi connectivity index (χ0v) is 13.2. The molecule has 0 amide bonds. The van der Waals surface area contributed by atoms with Crippen LogP contribution >= 0.6 is 0 Å². The number of rotatable bonds is 4. The van der Waals surface area contributed by atoms with Gasteiger partial charge in [-0.15, -0.1) is 0 Å². The second kappa shape index (κ2) is 6.94. The summed E-state index contributed by atoms with van der Waals surface area (Å²) in [5, 5.41) is 12.7. The van der Waals surface area contributed by atoms with Crippen LogP contribution in [0, 0.1) is 24.2 Å². The van der Waals surface area contributed by atoms with E-state index in [0.29, 0.717) is 0 Å². The molecule has 0 unspecified atom stereocenters. The van der Waals surface area contributed by atoms with E-state index < -0.39 is 5.97 Å². The summed E-state index contributed by atoms with van der Waals surface area (Å²) in [5.74, 6) is 5.20. The Morgan fingerprint density at radius 3 is 2.57 bits per heavy atom. The number of carboxylic acid groups (broad SMARTS) is 1. The molecule has 0 spiro atoms. The zero-order chi connectivity index (χ0) is 16.0. The van der Waals surface area contributed by atoms with Crippen molar-refractivity contribution in [3.8, 4) is 11.8 Å². The maximum Gasteiger partial charge on any atom is 0.354 e. The van der Waals surface area contributed by atoms with Gasteiger partial charge in [-0.05, 0) is 51.0 Å². The second-order valence-corrected chi connectivity index (χ2v) is 5.84. The number of aliphatic carboxylic acids is 1. The fourth-order valence-electron chi connectivity index (χ4n) is 1.64. The molecule has 0 fully saturated rings. The second-order valence-electron chi connectivity index (χ2n) is 5.84. The van der Waals surface area contributed by atoms with Gasteiger partial charge < -0.3 is 9.94 Å².